The third-order valence-corrected chi connectivity index (χ3v) is 9.69. The number of ether oxygens (including phenoxy) is 1. The average Bonchev–Trinajstić information content (AvgIpc) is 3.05. The van der Waals surface area contributed by atoms with Crippen molar-refractivity contribution in [1.82, 2.24) is 25.4 Å². The molecule has 2 fully saturated rings. The topological polar surface area (TPSA) is 143 Å². The third-order valence-electron chi connectivity index (χ3n) is 7.65. The molecule has 3 heterocycles. The minimum absolute atomic E-state index is 0.0634. The lowest BCUT2D eigenvalue weighted by molar-refractivity contribution is -0.140. The Balaban J connectivity index is 1.62. The average molecular weight is 645 g/mol. The molecule has 2 unspecified atom stereocenters. The molecule has 2 atom stereocenters. The number of carbonyl (C=O) groups is 3. The van der Waals surface area contributed by atoms with Crippen molar-refractivity contribution in [3.63, 3.8) is 0 Å². The Morgan fingerprint density at radius 3 is 2.38 bits per heavy atom. The zero-order chi connectivity index (χ0) is 32.2. The highest BCUT2D eigenvalue weighted by molar-refractivity contribution is 7.54. The fourth-order valence-corrected chi connectivity index (χ4v) is 6.80. The fraction of sp³-hybridized carbons (Fsp3) is 0.548. The first-order chi connectivity index (χ1) is 21.7. The number of amides is 2. The number of anilines is 1. The monoisotopic (exact) mass is 644 g/mol. The van der Waals surface area contributed by atoms with E-state index in [1.165, 1.54) is 4.90 Å². The molecule has 14 heteroatoms. The lowest BCUT2D eigenvalue weighted by atomic mass is 10.1. The molecule has 0 radical (unpaired) electrons. The lowest BCUT2D eigenvalue weighted by Crippen LogP contribution is -2.50. The summed E-state index contributed by atoms with van der Waals surface area (Å²) in [6.07, 6.45) is 0.0892. The van der Waals surface area contributed by atoms with E-state index in [9.17, 15) is 18.9 Å². The molecule has 2 aliphatic heterocycles. The molecular formula is C31H45N6O7P. The summed E-state index contributed by atoms with van der Waals surface area (Å²) in [5.74, 6) is -1.74. The van der Waals surface area contributed by atoms with E-state index in [1.54, 1.807) is 13.0 Å². The molecule has 0 saturated carbocycles. The van der Waals surface area contributed by atoms with E-state index < -0.39 is 37.8 Å². The molecule has 1 aromatic heterocycles. The van der Waals surface area contributed by atoms with Crippen molar-refractivity contribution in [3.8, 4) is 11.3 Å². The van der Waals surface area contributed by atoms with Crippen LogP contribution in [0.15, 0.2) is 42.5 Å². The molecule has 2 amide bonds. The number of nitrogens with one attached hydrogen (secondary N) is 2. The largest absolute Gasteiger partial charge is 0.417 e. The number of hydrogen-bond donors (Lipinski definition) is 2. The molecule has 0 bridgehead atoms. The van der Waals surface area contributed by atoms with Crippen molar-refractivity contribution in [1.29, 1.82) is 0 Å². The van der Waals surface area contributed by atoms with Crippen LogP contribution in [0.25, 0.3) is 11.3 Å². The van der Waals surface area contributed by atoms with E-state index in [0.29, 0.717) is 38.3 Å². The predicted molar refractivity (Wildman–Crippen MR) is 172 cm³/mol. The van der Waals surface area contributed by atoms with Crippen molar-refractivity contribution in [2.45, 2.75) is 32.7 Å². The summed E-state index contributed by atoms with van der Waals surface area (Å²) in [6.45, 7) is 8.97. The van der Waals surface area contributed by atoms with Gasteiger partial charge in [-0.25, -0.2) is 14.6 Å². The number of pyridine rings is 1. The molecule has 4 rings (SSSR count). The van der Waals surface area contributed by atoms with Crippen molar-refractivity contribution >= 4 is 31.3 Å². The second kappa shape index (κ2) is 16.8. The van der Waals surface area contributed by atoms with E-state index in [1.807, 2.05) is 43.3 Å². The quantitative estimate of drug-likeness (QED) is 0.144. The first-order valence-corrected chi connectivity index (χ1v) is 17.4. The highest BCUT2D eigenvalue weighted by Gasteiger charge is 2.37. The first-order valence-electron chi connectivity index (χ1n) is 15.6. The zero-order valence-corrected chi connectivity index (χ0v) is 27.3. The second-order valence-corrected chi connectivity index (χ2v) is 13.2. The smallest absolute Gasteiger partial charge is 0.375 e. The van der Waals surface area contributed by atoms with Crippen LogP contribution in [0.2, 0.25) is 0 Å². The number of benzene rings is 1. The summed E-state index contributed by atoms with van der Waals surface area (Å²) in [4.78, 5) is 50.6. The SMILES string of the molecule is CCCCOP(=O)(CC(NC(=O)c1cc(N2CCN(C)CC2)cc(-c2ccccc2)n1)C(=O)OC(=O)N1CCNCC1)OCC. The summed E-state index contributed by atoms with van der Waals surface area (Å²) < 4.78 is 30.0. The summed E-state index contributed by atoms with van der Waals surface area (Å²) in [6, 6.07) is 11.6. The minimum Gasteiger partial charge on any atom is -0.375 e. The summed E-state index contributed by atoms with van der Waals surface area (Å²) in [5.41, 5.74) is 2.30. The van der Waals surface area contributed by atoms with Gasteiger partial charge in [0.15, 0.2) is 0 Å². The fourth-order valence-electron chi connectivity index (χ4n) is 5.03. The van der Waals surface area contributed by atoms with Gasteiger partial charge < -0.3 is 39.1 Å². The number of unbranched alkanes of at least 4 members (excludes halogenated alkanes) is 1. The van der Waals surface area contributed by atoms with Crippen LogP contribution < -0.4 is 15.5 Å². The zero-order valence-electron chi connectivity index (χ0n) is 26.4. The van der Waals surface area contributed by atoms with Gasteiger partial charge in [-0.2, -0.15) is 0 Å². The van der Waals surface area contributed by atoms with Gasteiger partial charge in [-0.05, 0) is 32.5 Å². The number of carbonyl (C=O) groups excluding carboxylic acids is 3. The third kappa shape index (κ3) is 10.1. The summed E-state index contributed by atoms with van der Waals surface area (Å²) in [5, 5.41) is 5.78. The Bertz CT molecular complexity index is 1330. The van der Waals surface area contributed by atoms with Gasteiger partial charge in [0.25, 0.3) is 5.91 Å². The van der Waals surface area contributed by atoms with Crippen molar-refractivity contribution in [2.75, 3.05) is 83.7 Å². The molecule has 2 saturated heterocycles. The molecule has 0 aliphatic carbocycles. The molecule has 13 nitrogen and oxygen atoms in total. The van der Waals surface area contributed by atoms with Crippen LogP contribution in [0.4, 0.5) is 10.5 Å². The summed E-state index contributed by atoms with van der Waals surface area (Å²) in [7, 11) is -1.79. The van der Waals surface area contributed by atoms with Gasteiger partial charge in [-0.15, -0.1) is 0 Å². The normalized spacial score (nSPS) is 17.8. The lowest BCUT2D eigenvalue weighted by Gasteiger charge is -2.34. The number of hydrogen-bond acceptors (Lipinski definition) is 11. The molecule has 2 aliphatic rings. The first kappa shape index (κ1) is 34.5. The Labute approximate surface area is 265 Å². The van der Waals surface area contributed by atoms with Crippen molar-refractivity contribution in [2.24, 2.45) is 0 Å². The van der Waals surface area contributed by atoms with Crippen LogP contribution >= 0.6 is 7.60 Å². The Hall–Kier alpha value is -3.35. The van der Waals surface area contributed by atoms with Crippen LogP contribution in [0.3, 0.4) is 0 Å². The molecule has 2 aromatic rings. The van der Waals surface area contributed by atoms with Crippen LogP contribution in [0, 0.1) is 0 Å². The maximum atomic E-state index is 13.8. The van der Waals surface area contributed by atoms with Gasteiger partial charge >= 0.3 is 19.7 Å². The van der Waals surface area contributed by atoms with Gasteiger partial charge in [-0.3, -0.25) is 9.36 Å². The number of rotatable bonds is 13. The van der Waals surface area contributed by atoms with Gasteiger partial charge in [0.05, 0.1) is 25.1 Å². The number of likely N-dealkylation sites (N-methyl/N-ethyl adjacent to an activating group) is 1. The van der Waals surface area contributed by atoms with Gasteiger partial charge in [-0.1, -0.05) is 43.7 Å². The van der Waals surface area contributed by atoms with E-state index in [-0.39, 0.29) is 18.9 Å². The molecule has 246 valence electrons. The highest BCUT2D eigenvalue weighted by atomic mass is 31.2. The summed E-state index contributed by atoms with van der Waals surface area (Å²) >= 11 is 0. The maximum absolute atomic E-state index is 13.8. The molecular weight excluding hydrogens is 599 g/mol. The Morgan fingerprint density at radius 1 is 1.00 bits per heavy atom. The number of piperazine rings is 2. The van der Waals surface area contributed by atoms with Gasteiger partial charge in [0.1, 0.15) is 11.7 Å². The van der Waals surface area contributed by atoms with E-state index in [0.717, 1.165) is 43.9 Å². The standard InChI is InChI=1S/C31H45N6O7P/c1-4-6-20-43-45(41,42-5-2)23-28(30(39)44-31(40)37-14-12-32-13-15-37)34-29(38)27-22-25(36-18-16-35(3)17-19-36)21-26(33-27)24-10-8-7-9-11-24/h7-11,21-22,28,32H,4-6,12-20,23H2,1-3H3,(H,34,38). The van der Waals surface area contributed by atoms with Crippen LogP contribution in [-0.2, 0) is 23.1 Å². The number of esters is 1. The molecule has 45 heavy (non-hydrogen) atoms. The van der Waals surface area contributed by atoms with E-state index >= 15 is 0 Å². The molecule has 0 spiro atoms. The van der Waals surface area contributed by atoms with Crippen molar-refractivity contribution in [3.05, 3.63) is 48.2 Å². The number of nitrogens with zero attached hydrogens (tertiary/aromatic N) is 4. The highest BCUT2D eigenvalue weighted by Crippen LogP contribution is 2.49. The van der Waals surface area contributed by atoms with Crippen molar-refractivity contribution < 1.29 is 32.7 Å². The van der Waals surface area contributed by atoms with E-state index in [2.05, 4.69) is 32.5 Å². The Kier molecular flexibility index (Phi) is 12.9. The van der Waals surface area contributed by atoms with Gasteiger partial charge in [0, 0.05) is 63.6 Å². The van der Waals surface area contributed by atoms with Gasteiger partial charge in [0.2, 0.25) is 0 Å². The van der Waals surface area contributed by atoms with Crippen LogP contribution in [0.5, 0.6) is 0 Å². The van der Waals surface area contributed by atoms with Crippen LogP contribution in [-0.4, -0.2) is 118 Å². The van der Waals surface area contributed by atoms with E-state index in [4.69, 9.17) is 13.8 Å². The predicted octanol–water partition coefficient (Wildman–Crippen LogP) is 3.21. The maximum Gasteiger partial charge on any atom is 0.417 e. The second-order valence-electron chi connectivity index (χ2n) is 11.1. The minimum atomic E-state index is -3.86. The molecule has 2 N–H and O–H groups in total. The van der Waals surface area contributed by atoms with Crippen LogP contribution in [0.1, 0.15) is 37.2 Å². The number of aromatic nitrogens is 1. The molecule has 1 aromatic carbocycles. The Morgan fingerprint density at radius 2 is 1.71 bits per heavy atom.